The SMILES string of the molecule is COc1cccc(CN(C)CC(=O)N2c3ccccc3NC(=O)C[C@H]2C(F)(F)F)c1OC. The quantitative estimate of drug-likeness (QED) is 0.729. The molecule has 0 aromatic heterocycles. The van der Waals surface area contributed by atoms with Gasteiger partial charge in [-0.25, -0.2) is 0 Å². The first kappa shape index (κ1) is 23.4. The molecule has 0 saturated heterocycles. The predicted octanol–water partition coefficient (Wildman–Crippen LogP) is 3.44. The molecule has 0 unspecified atom stereocenters. The van der Waals surface area contributed by atoms with Gasteiger partial charge in [0.1, 0.15) is 6.04 Å². The van der Waals surface area contributed by atoms with Crippen molar-refractivity contribution in [1.82, 2.24) is 4.90 Å². The molecule has 32 heavy (non-hydrogen) atoms. The molecule has 2 aromatic carbocycles. The number of rotatable bonds is 6. The lowest BCUT2D eigenvalue weighted by Crippen LogP contribution is -2.52. The van der Waals surface area contributed by atoms with Crippen LogP contribution in [-0.2, 0) is 16.1 Å². The van der Waals surface area contributed by atoms with E-state index in [9.17, 15) is 22.8 Å². The number of para-hydroxylation sites is 3. The number of alkyl halides is 3. The Morgan fingerprint density at radius 3 is 2.53 bits per heavy atom. The lowest BCUT2D eigenvalue weighted by Gasteiger charge is -2.33. The number of carbonyl (C=O) groups is 2. The van der Waals surface area contributed by atoms with E-state index in [1.54, 1.807) is 36.2 Å². The number of hydrogen-bond donors (Lipinski definition) is 1. The zero-order valence-corrected chi connectivity index (χ0v) is 17.9. The highest BCUT2D eigenvalue weighted by atomic mass is 19.4. The van der Waals surface area contributed by atoms with E-state index in [1.807, 2.05) is 0 Å². The van der Waals surface area contributed by atoms with Gasteiger partial charge in [-0.05, 0) is 25.2 Å². The number of anilines is 2. The van der Waals surface area contributed by atoms with Crippen LogP contribution in [-0.4, -0.2) is 56.7 Å². The molecule has 0 fully saturated rings. The van der Waals surface area contributed by atoms with Crippen molar-refractivity contribution in [3.8, 4) is 11.5 Å². The number of carbonyl (C=O) groups excluding carboxylic acids is 2. The number of ether oxygens (including phenoxy) is 2. The highest BCUT2D eigenvalue weighted by molar-refractivity contribution is 6.05. The molecule has 2 aromatic rings. The lowest BCUT2D eigenvalue weighted by atomic mass is 10.1. The van der Waals surface area contributed by atoms with Crippen molar-refractivity contribution in [2.24, 2.45) is 0 Å². The first-order valence-electron chi connectivity index (χ1n) is 9.81. The molecular formula is C22H24F3N3O4. The Hall–Kier alpha value is -3.27. The summed E-state index contributed by atoms with van der Waals surface area (Å²) >= 11 is 0. The van der Waals surface area contributed by atoms with Crippen molar-refractivity contribution in [3.63, 3.8) is 0 Å². The molecule has 1 aliphatic rings. The molecule has 10 heteroatoms. The largest absolute Gasteiger partial charge is 0.493 e. The van der Waals surface area contributed by atoms with Crippen molar-refractivity contribution in [1.29, 1.82) is 0 Å². The summed E-state index contributed by atoms with van der Waals surface area (Å²) in [6, 6.07) is 8.96. The van der Waals surface area contributed by atoms with Gasteiger partial charge in [-0.3, -0.25) is 19.4 Å². The molecule has 0 aliphatic carbocycles. The normalized spacial score (nSPS) is 16.3. The molecule has 1 aliphatic heterocycles. The lowest BCUT2D eigenvalue weighted by molar-refractivity contribution is -0.158. The molecule has 2 amide bonds. The maximum Gasteiger partial charge on any atom is 0.409 e. The number of hydrogen-bond acceptors (Lipinski definition) is 5. The van der Waals surface area contributed by atoms with Crippen molar-refractivity contribution < 1.29 is 32.2 Å². The predicted molar refractivity (Wildman–Crippen MR) is 113 cm³/mol. The summed E-state index contributed by atoms with van der Waals surface area (Å²) in [7, 11) is 4.60. The molecular weight excluding hydrogens is 427 g/mol. The van der Waals surface area contributed by atoms with Crippen LogP contribution in [0.2, 0.25) is 0 Å². The van der Waals surface area contributed by atoms with Crippen molar-refractivity contribution in [3.05, 3.63) is 48.0 Å². The molecule has 1 N–H and O–H groups in total. The third kappa shape index (κ3) is 4.96. The van der Waals surface area contributed by atoms with E-state index in [0.29, 0.717) is 22.0 Å². The van der Waals surface area contributed by atoms with Crippen LogP contribution < -0.4 is 19.7 Å². The van der Waals surface area contributed by atoms with Crippen molar-refractivity contribution in [2.45, 2.75) is 25.2 Å². The minimum Gasteiger partial charge on any atom is -0.493 e. The summed E-state index contributed by atoms with van der Waals surface area (Å²) in [5.41, 5.74) is 0.885. The second-order valence-electron chi connectivity index (χ2n) is 7.42. The van der Waals surface area contributed by atoms with Gasteiger partial charge < -0.3 is 14.8 Å². The second-order valence-corrected chi connectivity index (χ2v) is 7.42. The maximum absolute atomic E-state index is 13.8. The Kier molecular flexibility index (Phi) is 6.93. The third-order valence-corrected chi connectivity index (χ3v) is 5.10. The average molecular weight is 451 g/mol. The Labute approximate surface area is 183 Å². The number of amides is 2. The molecule has 0 bridgehead atoms. The van der Waals surface area contributed by atoms with E-state index in [-0.39, 0.29) is 24.5 Å². The Morgan fingerprint density at radius 1 is 1.16 bits per heavy atom. The van der Waals surface area contributed by atoms with E-state index in [2.05, 4.69) is 5.32 Å². The van der Waals surface area contributed by atoms with Crippen LogP contribution in [0.5, 0.6) is 11.5 Å². The topological polar surface area (TPSA) is 71.1 Å². The molecule has 7 nitrogen and oxygen atoms in total. The van der Waals surface area contributed by atoms with E-state index in [1.165, 1.54) is 32.4 Å². The van der Waals surface area contributed by atoms with E-state index in [0.717, 1.165) is 0 Å². The van der Waals surface area contributed by atoms with Crippen LogP contribution in [0.4, 0.5) is 24.5 Å². The number of benzene rings is 2. The number of nitrogens with zero attached hydrogens (tertiary/aromatic N) is 2. The summed E-state index contributed by atoms with van der Waals surface area (Å²) in [5.74, 6) is -0.588. The fourth-order valence-corrected chi connectivity index (χ4v) is 3.73. The van der Waals surface area contributed by atoms with E-state index >= 15 is 0 Å². The van der Waals surface area contributed by atoms with E-state index in [4.69, 9.17) is 9.47 Å². The maximum atomic E-state index is 13.8. The zero-order valence-electron chi connectivity index (χ0n) is 17.9. The summed E-state index contributed by atoms with van der Waals surface area (Å²) in [4.78, 5) is 27.5. The van der Waals surface area contributed by atoms with Gasteiger partial charge in [0.05, 0.1) is 38.6 Å². The number of fused-ring (bicyclic) bond motifs is 1. The molecule has 0 spiro atoms. The number of halogens is 3. The molecule has 3 rings (SSSR count). The Balaban J connectivity index is 1.88. The fraction of sp³-hybridized carbons (Fsp3) is 0.364. The summed E-state index contributed by atoms with van der Waals surface area (Å²) in [5, 5.41) is 2.45. The fourth-order valence-electron chi connectivity index (χ4n) is 3.73. The van der Waals surface area contributed by atoms with Gasteiger partial charge in [0.15, 0.2) is 11.5 Å². The van der Waals surface area contributed by atoms with Crippen molar-refractivity contribution in [2.75, 3.05) is 38.0 Å². The number of nitrogens with one attached hydrogen (secondary N) is 1. The van der Waals surface area contributed by atoms with Gasteiger partial charge >= 0.3 is 6.18 Å². The monoisotopic (exact) mass is 451 g/mol. The van der Waals surface area contributed by atoms with Gasteiger partial charge in [0.25, 0.3) is 0 Å². The van der Waals surface area contributed by atoms with E-state index < -0.39 is 30.5 Å². The van der Waals surface area contributed by atoms with Gasteiger partial charge in [0, 0.05) is 12.1 Å². The highest BCUT2D eigenvalue weighted by Gasteiger charge is 2.49. The molecule has 172 valence electrons. The molecule has 1 atom stereocenters. The zero-order chi connectivity index (χ0) is 23.5. The minimum atomic E-state index is -4.78. The van der Waals surface area contributed by atoms with Crippen LogP contribution in [0.3, 0.4) is 0 Å². The molecule has 0 radical (unpaired) electrons. The summed E-state index contributed by atoms with van der Waals surface area (Å²) < 4.78 is 52.2. The third-order valence-electron chi connectivity index (χ3n) is 5.10. The first-order valence-corrected chi connectivity index (χ1v) is 9.81. The number of methoxy groups -OCH3 is 2. The smallest absolute Gasteiger partial charge is 0.409 e. The average Bonchev–Trinajstić information content (AvgIpc) is 2.88. The number of likely N-dealkylation sites (N-methyl/N-ethyl adjacent to an activating group) is 1. The standard InChI is InChI=1S/C22H24F3N3O4/c1-27(12-14-7-6-10-17(31-2)21(14)32-3)13-20(30)28-16-9-5-4-8-15(16)26-19(29)11-18(28)22(23,24)25/h4-10,18H,11-13H2,1-3H3,(H,26,29)/t18-/m0/s1. The Bertz CT molecular complexity index is 997. The summed E-state index contributed by atoms with van der Waals surface area (Å²) in [6.45, 7) is -0.0784. The minimum absolute atomic E-state index is 0.0121. The highest BCUT2D eigenvalue weighted by Crippen LogP contribution is 2.38. The van der Waals surface area contributed by atoms with Crippen LogP contribution in [0.25, 0.3) is 0 Å². The Morgan fingerprint density at radius 2 is 1.88 bits per heavy atom. The molecule has 0 saturated carbocycles. The first-order chi connectivity index (χ1) is 15.2. The van der Waals surface area contributed by atoms with Crippen LogP contribution >= 0.6 is 0 Å². The second kappa shape index (κ2) is 9.47. The molecule has 1 heterocycles. The van der Waals surface area contributed by atoms with Crippen LogP contribution in [0.15, 0.2) is 42.5 Å². The van der Waals surface area contributed by atoms with Crippen molar-refractivity contribution >= 4 is 23.2 Å². The van der Waals surface area contributed by atoms with Gasteiger partial charge in [-0.15, -0.1) is 0 Å². The van der Waals surface area contributed by atoms with Crippen LogP contribution in [0.1, 0.15) is 12.0 Å². The van der Waals surface area contributed by atoms with Gasteiger partial charge in [-0.2, -0.15) is 13.2 Å². The van der Waals surface area contributed by atoms with Crippen LogP contribution in [0, 0.1) is 0 Å². The van der Waals surface area contributed by atoms with Gasteiger partial charge in [-0.1, -0.05) is 24.3 Å². The van der Waals surface area contributed by atoms with Gasteiger partial charge in [0.2, 0.25) is 11.8 Å². The summed E-state index contributed by atoms with van der Waals surface area (Å²) in [6.07, 6.45) is -5.66.